The molecule has 0 aromatic heterocycles. The minimum absolute atomic E-state index is 0. The Kier molecular flexibility index (Phi) is 9.19. The normalized spacial score (nSPS) is 18.1. The zero-order valence-electron chi connectivity index (χ0n) is 17.0. The van der Waals surface area contributed by atoms with E-state index >= 15 is 0 Å². The van der Waals surface area contributed by atoms with E-state index in [1.807, 2.05) is 18.7 Å². The number of aliphatic imine (C=N–C) groups is 1. The van der Waals surface area contributed by atoms with Crippen LogP contribution in [0.2, 0.25) is 0 Å². The minimum Gasteiger partial charge on any atom is -0.370 e. The van der Waals surface area contributed by atoms with Gasteiger partial charge in [-0.1, -0.05) is 12.1 Å². The molecule has 1 aliphatic heterocycles. The van der Waals surface area contributed by atoms with E-state index in [1.165, 1.54) is 6.07 Å². The second-order valence-corrected chi connectivity index (χ2v) is 7.29. The zero-order chi connectivity index (χ0) is 20.9. The highest BCUT2D eigenvalue weighted by molar-refractivity contribution is 14.0. The number of nitrogens with one attached hydrogen (secondary N) is 2. The third-order valence-electron chi connectivity index (χ3n) is 4.69. The summed E-state index contributed by atoms with van der Waals surface area (Å²) in [6.07, 6.45) is -4.89. The molecule has 10 heteroatoms. The third-order valence-corrected chi connectivity index (χ3v) is 4.69. The predicted octanol–water partition coefficient (Wildman–Crippen LogP) is 3.04. The smallest absolute Gasteiger partial charge is 0.370 e. The molecule has 1 aromatic carbocycles. The number of carbonyl (C=O) groups is 1. The maximum Gasteiger partial charge on any atom is 0.416 e. The monoisotopic (exact) mass is 528 g/mol. The fraction of sp³-hybridized carbons (Fsp3) is 0.579. The number of benzene rings is 1. The van der Waals surface area contributed by atoms with E-state index in [2.05, 4.69) is 15.6 Å². The zero-order valence-corrected chi connectivity index (χ0v) is 19.3. The van der Waals surface area contributed by atoms with Gasteiger partial charge in [0.25, 0.3) is 0 Å². The topological polar surface area (TPSA) is 66.0 Å². The summed E-state index contributed by atoms with van der Waals surface area (Å²) in [5.74, 6) is 0.483. The summed E-state index contributed by atoms with van der Waals surface area (Å²) in [6, 6.07) is 5.19. The Morgan fingerprint density at radius 3 is 2.62 bits per heavy atom. The van der Waals surface area contributed by atoms with Crippen LogP contribution in [0.3, 0.4) is 0 Å². The van der Waals surface area contributed by atoms with Crippen molar-refractivity contribution in [1.82, 2.24) is 15.5 Å². The van der Waals surface area contributed by atoms with Crippen LogP contribution in [-0.2, 0) is 15.7 Å². The van der Waals surface area contributed by atoms with Crippen molar-refractivity contribution < 1.29 is 22.7 Å². The Hall–Kier alpha value is -1.56. The molecule has 0 spiro atoms. The Labute approximate surface area is 186 Å². The standard InChI is InChI=1S/C19H27F3N4O2.HI/c1-18(2,16(27)23-3)12-25-17(24-4)26-8-9-28-15(11-26)13-6-5-7-14(10-13)19(20,21)22;/h5-7,10,15H,8-9,11-12H2,1-4H3,(H,23,27)(H,24,25);1H. The number of rotatable bonds is 4. The summed E-state index contributed by atoms with van der Waals surface area (Å²) in [5, 5.41) is 5.81. The summed E-state index contributed by atoms with van der Waals surface area (Å²) in [5.41, 5.74) is -0.863. The van der Waals surface area contributed by atoms with E-state index in [4.69, 9.17) is 4.74 Å². The highest BCUT2D eigenvalue weighted by Crippen LogP contribution is 2.32. The van der Waals surface area contributed by atoms with Gasteiger partial charge in [-0.25, -0.2) is 0 Å². The van der Waals surface area contributed by atoms with Crippen molar-refractivity contribution in [3.63, 3.8) is 0 Å². The van der Waals surface area contributed by atoms with E-state index in [0.717, 1.165) is 12.1 Å². The van der Waals surface area contributed by atoms with Crippen LogP contribution in [-0.4, -0.2) is 57.1 Å². The van der Waals surface area contributed by atoms with Crippen LogP contribution in [0.5, 0.6) is 0 Å². The van der Waals surface area contributed by atoms with Gasteiger partial charge in [-0.2, -0.15) is 13.2 Å². The second-order valence-electron chi connectivity index (χ2n) is 7.29. The van der Waals surface area contributed by atoms with E-state index in [-0.39, 0.29) is 29.9 Å². The number of guanidine groups is 1. The van der Waals surface area contributed by atoms with Gasteiger partial charge in [0.15, 0.2) is 5.96 Å². The fourth-order valence-corrected chi connectivity index (χ4v) is 3.01. The van der Waals surface area contributed by atoms with Crippen LogP contribution in [0, 0.1) is 5.41 Å². The first-order valence-corrected chi connectivity index (χ1v) is 9.05. The van der Waals surface area contributed by atoms with Gasteiger partial charge < -0.3 is 20.3 Å². The molecule has 6 nitrogen and oxygen atoms in total. The molecule has 0 radical (unpaired) electrons. The molecule has 1 fully saturated rings. The Bertz CT molecular complexity index is 726. The van der Waals surface area contributed by atoms with Crippen molar-refractivity contribution in [1.29, 1.82) is 0 Å². The molecular formula is C19H28F3IN4O2. The highest BCUT2D eigenvalue weighted by atomic mass is 127. The second kappa shape index (κ2) is 10.5. The molecule has 164 valence electrons. The van der Waals surface area contributed by atoms with Crippen molar-refractivity contribution in [2.45, 2.75) is 26.1 Å². The van der Waals surface area contributed by atoms with E-state index in [1.54, 1.807) is 20.2 Å². The minimum atomic E-state index is -4.40. The number of alkyl halides is 3. The summed E-state index contributed by atoms with van der Waals surface area (Å²) >= 11 is 0. The SMILES string of the molecule is CN=C(NCC(C)(C)C(=O)NC)N1CCOC(c2cccc(C(F)(F)F)c2)C1.I. The van der Waals surface area contributed by atoms with Gasteiger partial charge in [-0.15, -0.1) is 24.0 Å². The molecule has 1 amide bonds. The molecule has 1 saturated heterocycles. The number of nitrogens with zero attached hydrogens (tertiary/aromatic N) is 2. The number of halogens is 4. The quantitative estimate of drug-likeness (QED) is 0.359. The van der Waals surface area contributed by atoms with Crippen molar-refractivity contribution in [3.8, 4) is 0 Å². The predicted molar refractivity (Wildman–Crippen MR) is 116 cm³/mol. The number of amides is 1. The van der Waals surface area contributed by atoms with E-state index in [9.17, 15) is 18.0 Å². The van der Waals surface area contributed by atoms with E-state index < -0.39 is 23.3 Å². The molecule has 0 bridgehead atoms. The molecule has 2 N–H and O–H groups in total. The Morgan fingerprint density at radius 1 is 1.34 bits per heavy atom. The molecule has 1 aromatic rings. The highest BCUT2D eigenvalue weighted by Gasteiger charge is 2.32. The van der Waals surface area contributed by atoms with Crippen molar-refractivity contribution in [3.05, 3.63) is 35.4 Å². The lowest BCUT2D eigenvalue weighted by molar-refractivity contribution is -0.137. The molecule has 1 unspecified atom stereocenters. The lowest BCUT2D eigenvalue weighted by Crippen LogP contribution is -2.51. The molecule has 29 heavy (non-hydrogen) atoms. The van der Waals surface area contributed by atoms with Crippen molar-refractivity contribution >= 4 is 35.8 Å². The molecule has 1 heterocycles. The lowest BCUT2D eigenvalue weighted by Gasteiger charge is -2.36. The maximum atomic E-state index is 13.0. The first-order chi connectivity index (χ1) is 13.1. The lowest BCUT2D eigenvalue weighted by atomic mass is 9.92. The average Bonchev–Trinajstić information content (AvgIpc) is 2.67. The Morgan fingerprint density at radius 2 is 2.03 bits per heavy atom. The summed E-state index contributed by atoms with van der Waals surface area (Å²) < 4.78 is 44.7. The first kappa shape index (κ1) is 25.5. The van der Waals surface area contributed by atoms with Crippen LogP contribution in [0.1, 0.15) is 31.1 Å². The number of hydrogen-bond donors (Lipinski definition) is 2. The van der Waals surface area contributed by atoms with Gasteiger partial charge in [0, 0.05) is 27.2 Å². The molecule has 0 aliphatic carbocycles. The average molecular weight is 528 g/mol. The van der Waals surface area contributed by atoms with Crippen LogP contribution < -0.4 is 10.6 Å². The summed E-state index contributed by atoms with van der Waals surface area (Å²) in [7, 11) is 3.21. The first-order valence-electron chi connectivity index (χ1n) is 9.05. The van der Waals surface area contributed by atoms with Crippen molar-refractivity contribution in [2.24, 2.45) is 10.4 Å². The third kappa shape index (κ3) is 6.73. The molecule has 1 aliphatic rings. The molecule has 2 rings (SSSR count). The van der Waals surface area contributed by atoms with Crippen LogP contribution in [0.15, 0.2) is 29.3 Å². The number of carbonyl (C=O) groups excluding carboxylic acids is 1. The van der Waals surface area contributed by atoms with Gasteiger partial charge in [-0.05, 0) is 31.5 Å². The van der Waals surface area contributed by atoms with Crippen molar-refractivity contribution in [2.75, 3.05) is 40.3 Å². The van der Waals surface area contributed by atoms with Gasteiger partial charge in [0.1, 0.15) is 6.10 Å². The van der Waals surface area contributed by atoms with Gasteiger partial charge in [0.05, 0.1) is 24.1 Å². The van der Waals surface area contributed by atoms with Gasteiger partial charge >= 0.3 is 6.18 Å². The number of hydrogen-bond acceptors (Lipinski definition) is 3. The number of morpholine rings is 1. The largest absolute Gasteiger partial charge is 0.416 e. The van der Waals surface area contributed by atoms with Crippen LogP contribution in [0.25, 0.3) is 0 Å². The van der Waals surface area contributed by atoms with Crippen LogP contribution in [0.4, 0.5) is 13.2 Å². The maximum absolute atomic E-state index is 13.0. The van der Waals surface area contributed by atoms with Crippen LogP contribution >= 0.6 is 24.0 Å². The fourth-order valence-electron chi connectivity index (χ4n) is 3.01. The van der Waals surface area contributed by atoms with Gasteiger partial charge in [-0.3, -0.25) is 9.79 Å². The molecule has 1 atom stereocenters. The molecular weight excluding hydrogens is 500 g/mol. The summed E-state index contributed by atoms with van der Waals surface area (Å²) in [4.78, 5) is 18.1. The molecule has 0 saturated carbocycles. The number of ether oxygens (including phenoxy) is 1. The van der Waals surface area contributed by atoms with E-state index in [0.29, 0.717) is 37.8 Å². The Balaban J connectivity index is 0.00000420. The van der Waals surface area contributed by atoms with Gasteiger partial charge in [0.2, 0.25) is 5.91 Å². The summed E-state index contributed by atoms with van der Waals surface area (Å²) in [6.45, 7) is 5.27.